The Kier molecular flexibility index (Phi) is 4.47. The van der Waals surface area contributed by atoms with Crippen molar-refractivity contribution in [3.8, 4) is 0 Å². The molecule has 3 rings (SSSR count). The number of esters is 1. The highest BCUT2D eigenvalue weighted by molar-refractivity contribution is 5.81. The third kappa shape index (κ3) is 2.79. The van der Waals surface area contributed by atoms with Gasteiger partial charge in [0, 0.05) is 12.1 Å². The van der Waals surface area contributed by atoms with E-state index in [1.165, 1.54) is 6.42 Å². The van der Waals surface area contributed by atoms with E-state index >= 15 is 0 Å². The third-order valence-electron chi connectivity index (χ3n) is 5.73. The van der Waals surface area contributed by atoms with Crippen molar-refractivity contribution in [1.29, 1.82) is 0 Å². The van der Waals surface area contributed by atoms with Crippen molar-refractivity contribution in [2.24, 2.45) is 5.92 Å². The predicted molar refractivity (Wildman–Crippen MR) is 88.9 cm³/mol. The molecular formula is C19H27NO3. The summed E-state index contributed by atoms with van der Waals surface area (Å²) in [6, 6.07) is 10.1. The number of carbonyl (C=O) groups excluding carboxylic acids is 1. The Bertz CT molecular complexity index is 559. The van der Waals surface area contributed by atoms with Gasteiger partial charge in [-0.25, -0.2) is 4.79 Å². The minimum Gasteiger partial charge on any atom is -0.458 e. The minimum atomic E-state index is -1.59. The third-order valence-corrected chi connectivity index (χ3v) is 5.73. The maximum atomic E-state index is 12.9. The highest BCUT2D eigenvalue weighted by Crippen LogP contribution is 2.38. The summed E-state index contributed by atoms with van der Waals surface area (Å²) in [7, 11) is 2.12. The Hall–Kier alpha value is -1.39. The SMILES string of the molecule is CC(C)C(O)(C(=O)O[C@@H]1CC[C@H]2CC[C@H]1N2C)c1ccccc1. The van der Waals surface area contributed by atoms with Crippen molar-refractivity contribution >= 4 is 5.97 Å². The Morgan fingerprint density at radius 3 is 2.52 bits per heavy atom. The number of hydrogen-bond acceptors (Lipinski definition) is 4. The molecule has 4 nitrogen and oxygen atoms in total. The van der Waals surface area contributed by atoms with Crippen LogP contribution in [0.1, 0.15) is 45.1 Å². The minimum absolute atomic E-state index is 0.111. The number of aliphatic hydroxyl groups is 1. The highest BCUT2D eigenvalue weighted by Gasteiger charge is 2.47. The van der Waals surface area contributed by atoms with Crippen LogP contribution in [0.3, 0.4) is 0 Å². The molecule has 2 aliphatic heterocycles. The second-order valence-corrected chi connectivity index (χ2v) is 7.27. The van der Waals surface area contributed by atoms with Gasteiger partial charge in [0.05, 0.1) is 0 Å². The number of likely N-dealkylation sites (N-methyl/N-ethyl adjacent to an activating group) is 1. The van der Waals surface area contributed by atoms with E-state index in [-0.39, 0.29) is 12.0 Å². The molecule has 23 heavy (non-hydrogen) atoms. The van der Waals surface area contributed by atoms with Crippen LogP contribution in [0.4, 0.5) is 0 Å². The predicted octanol–water partition coefficient (Wildman–Crippen LogP) is 2.70. The summed E-state index contributed by atoms with van der Waals surface area (Å²) in [6.07, 6.45) is 4.11. The fourth-order valence-corrected chi connectivity index (χ4v) is 4.13. The zero-order chi connectivity index (χ0) is 16.6. The lowest BCUT2D eigenvalue weighted by Gasteiger charge is -2.39. The van der Waals surface area contributed by atoms with Gasteiger partial charge in [-0.2, -0.15) is 0 Å². The Labute approximate surface area is 138 Å². The first-order chi connectivity index (χ1) is 10.9. The van der Waals surface area contributed by atoms with Gasteiger partial charge in [0.15, 0.2) is 5.60 Å². The van der Waals surface area contributed by atoms with Gasteiger partial charge >= 0.3 is 5.97 Å². The second-order valence-electron chi connectivity index (χ2n) is 7.27. The largest absolute Gasteiger partial charge is 0.458 e. The molecular weight excluding hydrogens is 290 g/mol. The van der Waals surface area contributed by atoms with Crippen LogP contribution in [0.25, 0.3) is 0 Å². The van der Waals surface area contributed by atoms with Crippen molar-refractivity contribution in [1.82, 2.24) is 4.90 Å². The number of fused-ring (bicyclic) bond motifs is 2. The molecule has 126 valence electrons. The molecule has 2 bridgehead atoms. The molecule has 1 aromatic rings. The molecule has 0 amide bonds. The molecule has 0 saturated carbocycles. The first kappa shape index (κ1) is 16.5. The van der Waals surface area contributed by atoms with Crippen molar-refractivity contribution in [2.45, 2.75) is 63.3 Å². The van der Waals surface area contributed by atoms with Gasteiger partial charge in [0.25, 0.3) is 0 Å². The van der Waals surface area contributed by atoms with Crippen molar-refractivity contribution < 1.29 is 14.6 Å². The van der Waals surface area contributed by atoms with Crippen LogP contribution < -0.4 is 0 Å². The zero-order valence-corrected chi connectivity index (χ0v) is 14.2. The van der Waals surface area contributed by atoms with E-state index in [0.717, 1.165) is 19.3 Å². The average Bonchev–Trinajstić information content (AvgIpc) is 2.78. The summed E-state index contributed by atoms with van der Waals surface area (Å²) >= 11 is 0. The monoisotopic (exact) mass is 317 g/mol. The molecule has 1 N–H and O–H groups in total. The number of hydrogen-bond donors (Lipinski definition) is 1. The van der Waals surface area contributed by atoms with Gasteiger partial charge in [-0.3, -0.25) is 4.90 Å². The van der Waals surface area contributed by atoms with E-state index < -0.39 is 11.6 Å². The summed E-state index contributed by atoms with van der Waals surface area (Å²) in [5, 5.41) is 11.1. The quantitative estimate of drug-likeness (QED) is 0.868. The summed E-state index contributed by atoms with van der Waals surface area (Å²) in [5.41, 5.74) is -0.983. The van der Waals surface area contributed by atoms with Crippen molar-refractivity contribution in [3.63, 3.8) is 0 Å². The van der Waals surface area contributed by atoms with Crippen molar-refractivity contribution in [2.75, 3.05) is 7.05 Å². The lowest BCUT2D eigenvalue weighted by Crippen LogP contribution is -2.50. The molecule has 0 aliphatic carbocycles. The number of rotatable bonds is 4. The molecule has 2 saturated heterocycles. The summed E-state index contributed by atoms with van der Waals surface area (Å²) < 4.78 is 5.84. The molecule has 2 aliphatic rings. The average molecular weight is 317 g/mol. The molecule has 0 radical (unpaired) electrons. The highest BCUT2D eigenvalue weighted by atomic mass is 16.6. The molecule has 2 fully saturated rings. The van der Waals surface area contributed by atoms with Crippen LogP contribution in [0.5, 0.6) is 0 Å². The molecule has 2 heterocycles. The standard InChI is InChI=1S/C19H27NO3/c1-13(2)19(22,14-7-5-4-6-8-14)18(21)23-17-12-10-15-9-11-16(17)20(15)3/h4-8,13,15-17,22H,9-12H2,1-3H3/t15-,16-,17-,19?/m1/s1. The van der Waals surface area contributed by atoms with Gasteiger partial charge in [-0.05, 0) is 44.2 Å². The molecule has 4 heteroatoms. The van der Waals surface area contributed by atoms with E-state index in [0.29, 0.717) is 17.6 Å². The van der Waals surface area contributed by atoms with Crippen LogP contribution in [0.15, 0.2) is 30.3 Å². The number of benzene rings is 1. The maximum Gasteiger partial charge on any atom is 0.343 e. The lowest BCUT2D eigenvalue weighted by atomic mass is 9.83. The molecule has 4 atom stereocenters. The Morgan fingerprint density at radius 1 is 1.22 bits per heavy atom. The Morgan fingerprint density at radius 2 is 1.87 bits per heavy atom. The van der Waals surface area contributed by atoms with Crippen molar-refractivity contribution in [3.05, 3.63) is 35.9 Å². The van der Waals surface area contributed by atoms with Gasteiger partial charge in [0.2, 0.25) is 0 Å². The Balaban J connectivity index is 1.80. The maximum absolute atomic E-state index is 12.9. The van der Waals surface area contributed by atoms with E-state index in [9.17, 15) is 9.90 Å². The van der Waals surface area contributed by atoms with Crippen LogP contribution >= 0.6 is 0 Å². The molecule has 1 unspecified atom stereocenters. The molecule has 0 spiro atoms. The molecule has 1 aromatic carbocycles. The van der Waals surface area contributed by atoms with E-state index in [2.05, 4.69) is 11.9 Å². The van der Waals surface area contributed by atoms with E-state index in [1.54, 1.807) is 12.1 Å². The van der Waals surface area contributed by atoms with Crippen LogP contribution in [0.2, 0.25) is 0 Å². The fourth-order valence-electron chi connectivity index (χ4n) is 4.13. The molecule has 0 aromatic heterocycles. The van der Waals surface area contributed by atoms with Gasteiger partial charge < -0.3 is 9.84 Å². The van der Waals surface area contributed by atoms with Crippen LogP contribution in [0, 0.1) is 5.92 Å². The summed E-state index contributed by atoms with van der Waals surface area (Å²) in [5.74, 6) is -0.766. The summed E-state index contributed by atoms with van der Waals surface area (Å²) in [4.78, 5) is 15.2. The normalized spacial score (nSPS) is 30.2. The number of nitrogens with zero attached hydrogens (tertiary/aromatic N) is 1. The first-order valence-corrected chi connectivity index (χ1v) is 8.65. The number of carbonyl (C=O) groups is 1. The zero-order valence-electron chi connectivity index (χ0n) is 14.2. The number of piperidine rings is 1. The van der Waals surface area contributed by atoms with Gasteiger partial charge in [-0.15, -0.1) is 0 Å². The van der Waals surface area contributed by atoms with Gasteiger partial charge in [-0.1, -0.05) is 44.2 Å². The summed E-state index contributed by atoms with van der Waals surface area (Å²) in [6.45, 7) is 3.71. The first-order valence-electron chi connectivity index (χ1n) is 8.65. The topological polar surface area (TPSA) is 49.8 Å². The van der Waals surface area contributed by atoms with Crippen LogP contribution in [-0.2, 0) is 15.1 Å². The smallest absolute Gasteiger partial charge is 0.343 e. The fraction of sp³-hybridized carbons (Fsp3) is 0.632. The van der Waals surface area contributed by atoms with Gasteiger partial charge in [0.1, 0.15) is 6.10 Å². The van der Waals surface area contributed by atoms with E-state index in [4.69, 9.17) is 4.74 Å². The lowest BCUT2D eigenvalue weighted by molar-refractivity contribution is -0.182. The van der Waals surface area contributed by atoms with Crippen LogP contribution in [-0.4, -0.2) is 41.2 Å². The second kappa shape index (κ2) is 6.25. The van der Waals surface area contributed by atoms with E-state index in [1.807, 2.05) is 32.0 Å². The number of ether oxygens (including phenoxy) is 1.